The first kappa shape index (κ1) is 19.5. The fourth-order valence-corrected chi connectivity index (χ4v) is 8.44. The highest BCUT2D eigenvalue weighted by molar-refractivity contribution is 5.80. The number of likely N-dealkylation sites (tertiary alicyclic amines) is 3. The van der Waals surface area contributed by atoms with Crippen molar-refractivity contribution in [3.05, 3.63) is 0 Å². The molecule has 6 nitrogen and oxygen atoms in total. The predicted molar refractivity (Wildman–Crippen MR) is 115 cm³/mol. The van der Waals surface area contributed by atoms with E-state index in [-0.39, 0.29) is 17.4 Å². The van der Waals surface area contributed by atoms with E-state index < -0.39 is 0 Å². The van der Waals surface area contributed by atoms with Gasteiger partial charge in [-0.15, -0.1) is 0 Å². The molecule has 0 aromatic carbocycles. The molecule has 2 atom stereocenters. The lowest BCUT2D eigenvalue weighted by Crippen LogP contribution is -2.61. The lowest BCUT2D eigenvalue weighted by molar-refractivity contribution is -0.143. The second-order valence-electron chi connectivity index (χ2n) is 12.6. The zero-order chi connectivity index (χ0) is 20.7. The lowest BCUT2D eigenvalue weighted by atomic mass is 9.53. The second kappa shape index (κ2) is 6.68. The number of amides is 2. The Morgan fingerprint density at radius 1 is 0.833 bits per heavy atom. The summed E-state index contributed by atoms with van der Waals surface area (Å²) in [7, 11) is 0. The Hall–Kier alpha value is -1.14. The van der Waals surface area contributed by atoms with Crippen molar-refractivity contribution in [2.45, 2.75) is 76.4 Å². The number of hydrogen-bond donors (Lipinski definition) is 1. The zero-order valence-corrected chi connectivity index (χ0v) is 18.7. The van der Waals surface area contributed by atoms with Gasteiger partial charge in [0.1, 0.15) is 0 Å². The molecular weight excluding hydrogens is 376 g/mol. The molecule has 7 fully saturated rings. The van der Waals surface area contributed by atoms with E-state index in [0.717, 1.165) is 50.4 Å². The first-order chi connectivity index (χ1) is 14.3. The van der Waals surface area contributed by atoms with E-state index in [9.17, 15) is 9.59 Å². The third-order valence-electron chi connectivity index (χ3n) is 9.19. The van der Waals surface area contributed by atoms with Crippen LogP contribution < -0.4 is 5.32 Å². The Labute approximate surface area is 180 Å². The molecular formula is C24H38N4O2. The fourth-order valence-electron chi connectivity index (χ4n) is 8.44. The summed E-state index contributed by atoms with van der Waals surface area (Å²) < 4.78 is 0. The lowest BCUT2D eigenvalue weighted by Gasteiger charge is -2.57. The topological polar surface area (TPSA) is 55.9 Å². The fraction of sp³-hybridized carbons (Fsp3) is 0.917. The van der Waals surface area contributed by atoms with Crippen molar-refractivity contribution in [3.8, 4) is 0 Å². The number of hydrogen-bond acceptors (Lipinski definition) is 4. The number of carbonyl (C=O) groups is 2. The highest BCUT2D eigenvalue weighted by Gasteiger charge is 2.52. The van der Waals surface area contributed by atoms with E-state index in [1.807, 2.05) is 4.90 Å². The molecule has 4 saturated carbocycles. The molecule has 2 amide bonds. The summed E-state index contributed by atoms with van der Waals surface area (Å²) in [5, 5.41) is 3.54. The Morgan fingerprint density at radius 2 is 1.37 bits per heavy atom. The molecule has 6 heteroatoms. The van der Waals surface area contributed by atoms with E-state index in [2.05, 4.69) is 29.0 Å². The van der Waals surface area contributed by atoms with Crippen molar-refractivity contribution in [2.24, 2.45) is 23.2 Å². The molecule has 4 aliphatic carbocycles. The monoisotopic (exact) mass is 414 g/mol. The molecule has 166 valence electrons. The van der Waals surface area contributed by atoms with Gasteiger partial charge in [0.2, 0.25) is 11.8 Å². The van der Waals surface area contributed by atoms with Crippen LogP contribution in [0.5, 0.6) is 0 Å². The minimum absolute atomic E-state index is 0.119. The van der Waals surface area contributed by atoms with Gasteiger partial charge in [-0.2, -0.15) is 0 Å². The van der Waals surface area contributed by atoms with Gasteiger partial charge in [0.15, 0.2) is 0 Å². The van der Waals surface area contributed by atoms with Crippen LogP contribution >= 0.6 is 0 Å². The maximum absolute atomic E-state index is 13.0. The van der Waals surface area contributed by atoms with E-state index in [1.54, 1.807) is 0 Å². The number of fused-ring (bicyclic) bond motifs is 2. The van der Waals surface area contributed by atoms with Crippen molar-refractivity contribution < 1.29 is 9.59 Å². The van der Waals surface area contributed by atoms with Gasteiger partial charge in [-0.25, -0.2) is 0 Å². The van der Waals surface area contributed by atoms with Crippen LogP contribution in [0.1, 0.15) is 58.8 Å². The number of nitrogens with zero attached hydrogens (tertiary/aromatic N) is 3. The van der Waals surface area contributed by atoms with Gasteiger partial charge in [0, 0.05) is 43.8 Å². The van der Waals surface area contributed by atoms with Crippen molar-refractivity contribution in [3.63, 3.8) is 0 Å². The smallest absolute Gasteiger partial charge is 0.236 e. The first-order valence-electron chi connectivity index (χ1n) is 12.3. The molecule has 7 rings (SSSR count). The first-order valence-corrected chi connectivity index (χ1v) is 12.3. The van der Waals surface area contributed by atoms with E-state index in [1.165, 1.54) is 38.5 Å². The molecule has 0 radical (unpaired) electrons. The Balaban J connectivity index is 0.995. The van der Waals surface area contributed by atoms with Gasteiger partial charge in [0.05, 0.1) is 13.1 Å². The second-order valence-corrected chi connectivity index (χ2v) is 12.6. The van der Waals surface area contributed by atoms with Crippen LogP contribution in [0.4, 0.5) is 0 Å². The van der Waals surface area contributed by atoms with Crippen molar-refractivity contribution >= 4 is 11.8 Å². The van der Waals surface area contributed by atoms with Crippen LogP contribution in [-0.4, -0.2) is 83.4 Å². The van der Waals surface area contributed by atoms with Crippen LogP contribution in [0.3, 0.4) is 0 Å². The van der Waals surface area contributed by atoms with Crippen LogP contribution in [0.2, 0.25) is 0 Å². The van der Waals surface area contributed by atoms with E-state index in [0.29, 0.717) is 30.6 Å². The Morgan fingerprint density at radius 3 is 1.87 bits per heavy atom. The van der Waals surface area contributed by atoms with Gasteiger partial charge in [-0.3, -0.25) is 19.4 Å². The highest BCUT2D eigenvalue weighted by Crippen LogP contribution is 2.55. The van der Waals surface area contributed by atoms with Crippen molar-refractivity contribution in [1.82, 2.24) is 20.0 Å². The molecule has 3 saturated heterocycles. The van der Waals surface area contributed by atoms with E-state index >= 15 is 0 Å². The summed E-state index contributed by atoms with van der Waals surface area (Å²) in [6.45, 7) is 9.22. The number of nitrogens with one attached hydrogen (secondary N) is 1. The Bertz CT molecular complexity index is 706. The SMILES string of the molecule is CC1(C)CN(C(=O)CN2C[C@@H]3C[C@H]2CN3CC(=O)NC23CC4CC(CC(C4)C2)C3)C1. The Kier molecular flexibility index (Phi) is 4.35. The molecule has 0 aromatic heterocycles. The predicted octanol–water partition coefficient (Wildman–Crippen LogP) is 1.70. The quantitative estimate of drug-likeness (QED) is 0.744. The van der Waals surface area contributed by atoms with Crippen LogP contribution in [-0.2, 0) is 9.59 Å². The van der Waals surface area contributed by atoms with Gasteiger partial charge in [0.25, 0.3) is 0 Å². The van der Waals surface area contributed by atoms with Crippen LogP contribution in [0.15, 0.2) is 0 Å². The summed E-state index contributed by atoms with van der Waals surface area (Å²) in [5.74, 6) is 3.12. The molecule has 0 aromatic rings. The van der Waals surface area contributed by atoms with Crippen molar-refractivity contribution in [2.75, 3.05) is 39.3 Å². The van der Waals surface area contributed by atoms with Gasteiger partial charge in [-0.05, 0) is 68.1 Å². The number of carbonyl (C=O) groups excluding carboxylic acids is 2. The van der Waals surface area contributed by atoms with Gasteiger partial charge < -0.3 is 10.2 Å². The molecule has 1 N–H and O–H groups in total. The van der Waals surface area contributed by atoms with E-state index in [4.69, 9.17) is 0 Å². The summed E-state index contributed by atoms with van der Waals surface area (Å²) in [5.41, 5.74) is 0.411. The average molecular weight is 415 g/mol. The van der Waals surface area contributed by atoms with Crippen LogP contribution in [0.25, 0.3) is 0 Å². The largest absolute Gasteiger partial charge is 0.350 e. The molecule has 0 unspecified atom stereocenters. The maximum Gasteiger partial charge on any atom is 0.236 e. The number of rotatable bonds is 5. The molecule has 7 aliphatic rings. The van der Waals surface area contributed by atoms with Crippen LogP contribution in [0, 0.1) is 23.2 Å². The highest BCUT2D eigenvalue weighted by atomic mass is 16.2. The average Bonchev–Trinajstić information content (AvgIpc) is 3.17. The van der Waals surface area contributed by atoms with Crippen molar-refractivity contribution in [1.29, 1.82) is 0 Å². The summed E-state index contributed by atoms with van der Waals surface area (Å²) in [6.07, 6.45) is 9.01. The molecule has 3 heterocycles. The molecule has 6 bridgehead atoms. The summed E-state index contributed by atoms with van der Waals surface area (Å²) in [6, 6.07) is 0.887. The minimum atomic E-state index is 0.119. The normalized spacial score (nSPS) is 43.8. The summed E-state index contributed by atoms with van der Waals surface area (Å²) >= 11 is 0. The molecule has 3 aliphatic heterocycles. The van der Waals surface area contributed by atoms with Gasteiger partial charge in [-0.1, -0.05) is 13.8 Å². The number of piperazine rings is 1. The van der Waals surface area contributed by atoms with Gasteiger partial charge >= 0.3 is 0 Å². The molecule has 30 heavy (non-hydrogen) atoms. The minimum Gasteiger partial charge on any atom is -0.350 e. The summed E-state index contributed by atoms with van der Waals surface area (Å²) in [4.78, 5) is 32.3. The zero-order valence-electron chi connectivity index (χ0n) is 18.7. The maximum atomic E-state index is 13.0. The standard InChI is InChI=1S/C24H38N4O2/c1-23(2)14-28(15-23)22(30)13-27-11-19-6-20(27)10-26(19)12-21(29)25-24-7-16-3-17(8-24)5-18(4-16)9-24/h16-20H,3-15H2,1-2H3,(H,25,29)/t16?,17?,18?,19-,20-,24?/m0/s1. The third kappa shape index (κ3) is 3.38. The third-order valence-corrected chi connectivity index (χ3v) is 9.19. The molecule has 0 spiro atoms.